The third-order valence-electron chi connectivity index (χ3n) is 4.90. The van der Waals surface area contributed by atoms with Crippen LogP contribution in [0.3, 0.4) is 0 Å². The molecule has 0 unspecified atom stereocenters. The minimum atomic E-state index is -3.52. The molecule has 1 aromatic carbocycles. The fourth-order valence-corrected chi connectivity index (χ4v) is 4.19. The van der Waals surface area contributed by atoms with Gasteiger partial charge in [0, 0.05) is 58.3 Å². The highest BCUT2D eigenvalue weighted by Crippen LogP contribution is 2.22. The number of rotatable bonds is 9. The Morgan fingerprint density at radius 3 is 2.63 bits per heavy atom. The molecule has 0 atom stereocenters. The van der Waals surface area contributed by atoms with Crippen molar-refractivity contribution in [1.82, 2.24) is 24.2 Å². The SMILES string of the molecule is CCn1c(CCC(=O)NCCc2ccccn2)nc2cc(S(=O)(=O)N(C)C)ccc21. The summed E-state index contributed by atoms with van der Waals surface area (Å²) < 4.78 is 28.0. The molecule has 0 aliphatic rings. The largest absolute Gasteiger partial charge is 0.356 e. The molecule has 0 aliphatic carbocycles. The molecule has 0 fully saturated rings. The number of pyridine rings is 1. The van der Waals surface area contributed by atoms with Gasteiger partial charge in [0.15, 0.2) is 0 Å². The topological polar surface area (TPSA) is 97.2 Å². The van der Waals surface area contributed by atoms with Crippen LogP contribution in [0.2, 0.25) is 0 Å². The van der Waals surface area contributed by atoms with Gasteiger partial charge >= 0.3 is 0 Å². The molecule has 1 N–H and O–H groups in total. The Morgan fingerprint density at radius 1 is 1.17 bits per heavy atom. The summed E-state index contributed by atoms with van der Waals surface area (Å²) in [5.74, 6) is 0.725. The first-order valence-electron chi connectivity index (χ1n) is 9.91. The molecule has 9 heteroatoms. The van der Waals surface area contributed by atoms with E-state index >= 15 is 0 Å². The van der Waals surface area contributed by atoms with Gasteiger partial charge in [-0.05, 0) is 37.3 Å². The van der Waals surface area contributed by atoms with E-state index in [0.29, 0.717) is 37.9 Å². The standard InChI is InChI=1S/C21H27N5O3S/c1-4-26-19-9-8-17(30(28,29)25(2)3)15-18(19)24-20(26)10-11-21(27)23-14-12-16-7-5-6-13-22-16/h5-9,13,15H,4,10-12,14H2,1-3H3,(H,23,27). The highest BCUT2D eigenvalue weighted by Gasteiger charge is 2.19. The molecule has 0 aliphatic heterocycles. The molecule has 2 heterocycles. The molecule has 3 aromatic rings. The number of nitrogens with one attached hydrogen (secondary N) is 1. The van der Waals surface area contributed by atoms with Crippen LogP contribution in [-0.2, 0) is 34.2 Å². The summed E-state index contributed by atoms with van der Waals surface area (Å²) in [5.41, 5.74) is 2.42. The van der Waals surface area contributed by atoms with Crippen molar-refractivity contribution in [2.75, 3.05) is 20.6 Å². The molecule has 160 valence electrons. The van der Waals surface area contributed by atoms with E-state index in [1.807, 2.05) is 29.7 Å². The number of imidazole rings is 1. The highest BCUT2D eigenvalue weighted by atomic mass is 32.2. The van der Waals surface area contributed by atoms with E-state index in [0.717, 1.165) is 17.0 Å². The fraction of sp³-hybridized carbons (Fsp3) is 0.381. The number of carbonyl (C=O) groups excluding carboxylic acids is 1. The van der Waals surface area contributed by atoms with Crippen molar-refractivity contribution in [2.24, 2.45) is 0 Å². The summed E-state index contributed by atoms with van der Waals surface area (Å²) in [6, 6.07) is 10.7. The quantitative estimate of drug-likeness (QED) is 0.561. The zero-order chi connectivity index (χ0) is 21.7. The zero-order valence-corrected chi connectivity index (χ0v) is 18.3. The lowest BCUT2D eigenvalue weighted by atomic mass is 10.2. The van der Waals surface area contributed by atoms with Crippen LogP contribution in [0.1, 0.15) is 24.9 Å². The van der Waals surface area contributed by atoms with E-state index in [-0.39, 0.29) is 10.8 Å². The van der Waals surface area contributed by atoms with Gasteiger partial charge in [0.1, 0.15) is 5.82 Å². The van der Waals surface area contributed by atoms with Gasteiger partial charge in [-0.3, -0.25) is 9.78 Å². The van der Waals surface area contributed by atoms with Crippen molar-refractivity contribution in [3.63, 3.8) is 0 Å². The van der Waals surface area contributed by atoms with Gasteiger partial charge < -0.3 is 9.88 Å². The molecule has 0 saturated carbocycles. The molecule has 30 heavy (non-hydrogen) atoms. The second kappa shape index (κ2) is 9.36. The summed E-state index contributed by atoms with van der Waals surface area (Å²) in [7, 11) is -0.519. The van der Waals surface area contributed by atoms with E-state index in [4.69, 9.17) is 0 Å². The summed E-state index contributed by atoms with van der Waals surface area (Å²) in [4.78, 5) is 21.3. The molecule has 2 aromatic heterocycles. The van der Waals surface area contributed by atoms with Gasteiger partial charge in [-0.25, -0.2) is 17.7 Å². The number of benzene rings is 1. The first kappa shape index (κ1) is 21.9. The number of aromatic nitrogens is 3. The maximum Gasteiger partial charge on any atom is 0.242 e. The second-order valence-corrected chi connectivity index (χ2v) is 9.28. The number of fused-ring (bicyclic) bond motifs is 1. The van der Waals surface area contributed by atoms with Crippen molar-refractivity contribution in [3.8, 4) is 0 Å². The summed E-state index contributed by atoms with van der Waals surface area (Å²) in [5, 5.41) is 2.91. The summed E-state index contributed by atoms with van der Waals surface area (Å²) in [6.45, 7) is 3.22. The van der Waals surface area contributed by atoms with E-state index in [9.17, 15) is 13.2 Å². The number of aryl methyl sites for hydroxylation is 2. The maximum atomic E-state index is 12.4. The van der Waals surface area contributed by atoms with Crippen LogP contribution < -0.4 is 5.32 Å². The first-order chi connectivity index (χ1) is 14.3. The molecule has 0 radical (unpaired) electrons. The zero-order valence-electron chi connectivity index (χ0n) is 17.5. The van der Waals surface area contributed by atoms with Crippen LogP contribution in [0.4, 0.5) is 0 Å². The predicted molar refractivity (Wildman–Crippen MR) is 116 cm³/mol. The third kappa shape index (κ3) is 4.85. The lowest BCUT2D eigenvalue weighted by Crippen LogP contribution is -2.26. The molecule has 1 amide bonds. The Bertz CT molecular complexity index is 1120. The summed E-state index contributed by atoms with van der Waals surface area (Å²) in [6.07, 6.45) is 3.22. The molecular formula is C21H27N5O3S. The average Bonchev–Trinajstić information content (AvgIpc) is 3.09. The van der Waals surface area contributed by atoms with Crippen LogP contribution in [0, 0.1) is 0 Å². The fourth-order valence-electron chi connectivity index (χ4n) is 3.26. The lowest BCUT2D eigenvalue weighted by Gasteiger charge is -2.11. The van der Waals surface area contributed by atoms with Gasteiger partial charge in [-0.1, -0.05) is 6.07 Å². The van der Waals surface area contributed by atoms with Crippen molar-refractivity contribution in [3.05, 3.63) is 54.1 Å². The smallest absolute Gasteiger partial charge is 0.242 e. The average molecular weight is 430 g/mol. The van der Waals surface area contributed by atoms with Crippen LogP contribution in [-0.4, -0.2) is 53.8 Å². The number of hydrogen-bond acceptors (Lipinski definition) is 5. The highest BCUT2D eigenvalue weighted by molar-refractivity contribution is 7.89. The Balaban J connectivity index is 1.67. The molecule has 0 spiro atoms. The third-order valence-corrected chi connectivity index (χ3v) is 6.71. The van der Waals surface area contributed by atoms with Crippen molar-refractivity contribution in [2.45, 2.75) is 37.6 Å². The van der Waals surface area contributed by atoms with Gasteiger partial charge in [0.05, 0.1) is 15.9 Å². The van der Waals surface area contributed by atoms with Gasteiger partial charge in [-0.15, -0.1) is 0 Å². The number of sulfonamides is 1. The Hall–Kier alpha value is -2.78. The second-order valence-electron chi connectivity index (χ2n) is 7.13. The summed E-state index contributed by atoms with van der Waals surface area (Å²) >= 11 is 0. The van der Waals surface area contributed by atoms with Gasteiger partial charge in [0.2, 0.25) is 15.9 Å². The molecule has 3 rings (SSSR count). The minimum absolute atomic E-state index is 0.0449. The van der Waals surface area contributed by atoms with Crippen LogP contribution in [0.5, 0.6) is 0 Å². The van der Waals surface area contributed by atoms with E-state index in [1.54, 1.807) is 24.4 Å². The van der Waals surface area contributed by atoms with Gasteiger partial charge in [-0.2, -0.15) is 0 Å². The molecule has 0 bridgehead atoms. The van der Waals surface area contributed by atoms with Gasteiger partial charge in [0.25, 0.3) is 0 Å². The predicted octanol–water partition coefficient (Wildman–Crippen LogP) is 1.99. The van der Waals surface area contributed by atoms with Crippen LogP contribution in [0.25, 0.3) is 11.0 Å². The van der Waals surface area contributed by atoms with E-state index < -0.39 is 10.0 Å². The Labute approximate surface area is 177 Å². The van der Waals surface area contributed by atoms with E-state index in [1.165, 1.54) is 18.4 Å². The van der Waals surface area contributed by atoms with E-state index in [2.05, 4.69) is 15.3 Å². The van der Waals surface area contributed by atoms with Crippen molar-refractivity contribution >= 4 is 27.0 Å². The minimum Gasteiger partial charge on any atom is -0.356 e. The molecule has 0 saturated heterocycles. The number of carbonyl (C=O) groups is 1. The Morgan fingerprint density at radius 2 is 1.97 bits per heavy atom. The number of nitrogens with zero attached hydrogens (tertiary/aromatic N) is 4. The van der Waals surface area contributed by atoms with Crippen molar-refractivity contribution < 1.29 is 13.2 Å². The van der Waals surface area contributed by atoms with Crippen molar-refractivity contribution in [1.29, 1.82) is 0 Å². The maximum absolute atomic E-state index is 12.4. The number of hydrogen-bond donors (Lipinski definition) is 1. The monoisotopic (exact) mass is 429 g/mol. The molecule has 8 nitrogen and oxygen atoms in total. The normalized spacial score (nSPS) is 11.9. The molecular weight excluding hydrogens is 402 g/mol. The van der Waals surface area contributed by atoms with Crippen LogP contribution in [0.15, 0.2) is 47.5 Å². The lowest BCUT2D eigenvalue weighted by molar-refractivity contribution is -0.121. The number of amides is 1. The van der Waals surface area contributed by atoms with Crippen LogP contribution >= 0.6 is 0 Å². The first-order valence-corrected chi connectivity index (χ1v) is 11.3. The Kier molecular flexibility index (Phi) is 6.84.